The zero-order valence-corrected chi connectivity index (χ0v) is 9.50. The van der Waals surface area contributed by atoms with Crippen molar-refractivity contribution < 1.29 is 13.9 Å². The number of rotatable bonds is 2. The van der Waals surface area contributed by atoms with E-state index in [1.165, 1.54) is 13.2 Å². The molecule has 0 amide bonds. The standard InChI is InChI=1S/C12H13FN2O2/c1-16-12-9(6-14)4-8(5-10(12)13)11-7-15-2-3-17-11/h4-5,11,15H,2-3,7H2,1H3. The summed E-state index contributed by atoms with van der Waals surface area (Å²) in [6, 6.07) is 4.90. The van der Waals surface area contributed by atoms with Crippen molar-refractivity contribution >= 4 is 0 Å². The predicted octanol–water partition coefficient (Wildman–Crippen LogP) is 1.37. The van der Waals surface area contributed by atoms with Crippen LogP contribution < -0.4 is 10.1 Å². The van der Waals surface area contributed by atoms with Gasteiger partial charge < -0.3 is 14.8 Å². The summed E-state index contributed by atoms with van der Waals surface area (Å²) < 4.78 is 24.1. The van der Waals surface area contributed by atoms with Crippen LogP contribution in [0.15, 0.2) is 12.1 Å². The van der Waals surface area contributed by atoms with Crippen molar-refractivity contribution in [3.63, 3.8) is 0 Å². The van der Waals surface area contributed by atoms with Crippen LogP contribution in [0.25, 0.3) is 0 Å². The topological polar surface area (TPSA) is 54.3 Å². The van der Waals surface area contributed by atoms with Crippen LogP contribution in [-0.4, -0.2) is 26.8 Å². The molecule has 4 nitrogen and oxygen atoms in total. The summed E-state index contributed by atoms with van der Waals surface area (Å²) in [5, 5.41) is 12.1. The van der Waals surface area contributed by atoms with Crippen LogP contribution in [0.3, 0.4) is 0 Å². The minimum absolute atomic E-state index is 0.0139. The third-order valence-electron chi connectivity index (χ3n) is 2.69. The van der Waals surface area contributed by atoms with E-state index in [9.17, 15) is 4.39 Å². The van der Waals surface area contributed by atoms with Crippen LogP contribution in [0.2, 0.25) is 0 Å². The molecule has 90 valence electrons. The highest BCUT2D eigenvalue weighted by Gasteiger charge is 2.20. The summed E-state index contributed by atoms with van der Waals surface area (Å²) in [7, 11) is 1.34. The number of nitrogens with zero attached hydrogens (tertiary/aromatic N) is 1. The Bertz CT molecular complexity index is 451. The smallest absolute Gasteiger partial charge is 0.172 e. The first-order valence-corrected chi connectivity index (χ1v) is 5.36. The van der Waals surface area contributed by atoms with Crippen LogP contribution >= 0.6 is 0 Å². The number of hydrogen-bond acceptors (Lipinski definition) is 4. The zero-order chi connectivity index (χ0) is 12.3. The van der Waals surface area contributed by atoms with Gasteiger partial charge in [0.15, 0.2) is 11.6 Å². The fourth-order valence-corrected chi connectivity index (χ4v) is 1.87. The first-order chi connectivity index (χ1) is 8.26. The molecule has 1 atom stereocenters. The van der Waals surface area contributed by atoms with Gasteiger partial charge in [0.05, 0.1) is 25.4 Å². The van der Waals surface area contributed by atoms with Crippen LogP contribution in [0, 0.1) is 17.1 Å². The highest BCUT2D eigenvalue weighted by atomic mass is 19.1. The predicted molar refractivity (Wildman–Crippen MR) is 59.2 cm³/mol. The molecule has 0 aliphatic carbocycles. The molecule has 1 aromatic rings. The monoisotopic (exact) mass is 236 g/mol. The Morgan fingerprint density at radius 1 is 1.59 bits per heavy atom. The van der Waals surface area contributed by atoms with Crippen LogP contribution in [0.4, 0.5) is 4.39 Å². The average molecular weight is 236 g/mol. The lowest BCUT2D eigenvalue weighted by atomic mass is 10.0. The summed E-state index contributed by atoms with van der Waals surface area (Å²) in [5.41, 5.74) is 0.851. The molecule has 1 aromatic carbocycles. The Morgan fingerprint density at radius 3 is 3.00 bits per heavy atom. The van der Waals surface area contributed by atoms with Crippen molar-refractivity contribution in [2.24, 2.45) is 0 Å². The molecule has 5 heteroatoms. The summed E-state index contributed by atoms with van der Waals surface area (Å²) in [6.45, 7) is 2.00. The fourth-order valence-electron chi connectivity index (χ4n) is 1.87. The van der Waals surface area contributed by atoms with Gasteiger partial charge in [-0.3, -0.25) is 0 Å². The van der Waals surface area contributed by atoms with E-state index in [1.807, 2.05) is 6.07 Å². The van der Waals surface area contributed by atoms with Crippen molar-refractivity contribution in [3.8, 4) is 11.8 Å². The lowest BCUT2D eigenvalue weighted by Crippen LogP contribution is -2.33. The molecule has 1 N–H and O–H groups in total. The Morgan fingerprint density at radius 2 is 2.41 bits per heavy atom. The fraction of sp³-hybridized carbons (Fsp3) is 0.417. The minimum Gasteiger partial charge on any atom is -0.492 e. The van der Waals surface area contributed by atoms with E-state index >= 15 is 0 Å². The maximum Gasteiger partial charge on any atom is 0.172 e. The Labute approximate surface area is 99.0 Å². The quantitative estimate of drug-likeness (QED) is 0.842. The molecule has 17 heavy (non-hydrogen) atoms. The van der Waals surface area contributed by atoms with Crippen LogP contribution in [0.1, 0.15) is 17.2 Å². The molecular weight excluding hydrogens is 223 g/mol. The van der Waals surface area contributed by atoms with E-state index in [1.54, 1.807) is 6.07 Å². The lowest BCUT2D eigenvalue weighted by molar-refractivity contribution is 0.0274. The van der Waals surface area contributed by atoms with E-state index < -0.39 is 5.82 Å². The Hall–Kier alpha value is -1.64. The van der Waals surface area contributed by atoms with Gasteiger partial charge in [-0.2, -0.15) is 5.26 Å². The highest BCUT2D eigenvalue weighted by Crippen LogP contribution is 2.28. The normalized spacial score (nSPS) is 19.7. The number of morpholine rings is 1. The highest BCUT2D eigenvalue weighted by molar-refractivity contribution is 5.47. The first-order valence-electron chi connectivity index (χ1n) is 5.36. The second-order valence-electron chi connectivity index (χ2n) is 3.76. The average Bonchev–Trinajstić information content (AvgIpc) is 2.38. The van der Waals surface area contributed by atoms with Crippen molar-refractivity contribution in [3.05, 3.63) is 29.1 Å². The largest absolute Gasteiger partial charge is 0.492 e. The summed E-state index contributed by atoms with van der Waals surface area (Å²) in [4.78, 5) is 0. The number of nitrogens with one attached hydrogen (secondary N) is 1. The third kappa shape index (κ3) is 2.38. The lowest BCUT2D eigenvalue weighted by Gasteiger charge is -2.24. The van der Waals surface area contributed by atoms with Crippen molar-refractivity contribution in [1.82, 2.24) is 5.32 Å². The summed E-state index contributed by atoms with van der Waals surface area (Å²) in [6.07, 6.45) is -0.212. The molecule has 1 aliphatic rings. The van der Waals surface area contributed by atoms with Gasteiger partial charge in [-0.1, -0.05) is 0 Å². The molecule has 1 unspecified atom stereocenters. The molecule has 0 radical (unpaired) electrons. The minimum atomic E-state index is -0.532. The van der Waals surface area contributed by atoms with Gasteiger partial charge in [0.1, 0.15) is 6.07 Å². The molecule has 1 saturated heterocycles. The summed E-state index contributed by atoms with van der Waals surface area (Å²) in [5.74, 6) is -0.546. The maximum absolute atomic E-state index is 13.7. The van der Waals surface area contributed by atoms with E-state index in [4.69, 9.17) is 14.7 Å². The van der Waals surface area contributed by atoms with E-state index in [0.717, 1.165) is 6.54 Å². The molecular formula is C12H13FN2O2. The van der Waals surface area contributed by atoms with Gasteiger partial charge in [0.2, 0.25) is 0 Å². The molecule has 0 spiro atoms. The van der Waals surface area contributed by atoms with E-state index in [0.29, 0.717) is 18.7 Å². The molecule has 0 aromatic heterocycles. The van der Waals surface area contributed by atoms with Gasteiger partial charge in [-0.05, 0) is 17.7 Å². The van der Waals surface area contributed by atoms with Crippen LogP contribution in [-0.2, 0) is 4.74 Å². The molecule has 1 heterocycles. The number of halogens is 1. The number of nitriles is 1. The first kappa shape index (κ1) is 11.8. The number of benzene rings is 1. The maximum atomic E-state index is 13.7. The zero-order valence-electron chi connectivity index (χ0n) is 9.50. The van der Waals surface area contributed by atoms with Crippen molar-refractivity contribution in [2.45, 2.75) is 6.10 Å². The second-order valence-corrected chi connectivity index (χ2v) is 3.76. The summed E-state index contributed by atoms with van der Waals surface area (Å²) >= 11 is 0. The van der Waals surface area contributed by atoms with Crippen molar-refractivity contribution in [2.75, 3.05) is 26.8 Å². The van der Waals surface area contributed by atoms with Crippen LogP contribution in [0.5, 0.6) is 5.75 Å². The van der Waals surface area contributed by atoms with E-state index in [2.05, 4.69) is 5.32 Å². The van der Waals surface area contributed by atoms with Crippen molar-refractivity contribution in [1.29, 1.82) is 5.26 Å². The SMILES string of the molecule is COc1c(F)cc(C2CNCCO2)cc1C#N. The molecule has 0 bridgehead atoms. The van der Waals surface area contributed by atoms with Gasteiger partial charge in [0.25, 0.3) is 0 Å². The van der Waals surface area contributed by atoms with Gasteiger partial charge in [-0.25, -0.2) is 4.39 Å². The Kier molecular flexibility index (Phi) is 3.57. The van der Waals surface area contributed by atoms with E-state index in [-0.39, 0.29) is 17.4 Å². The molecule has 1 fully saturated rings. The second kappa shape index (κ2) is 5.13. The van der Waals surface area contributed by atoms with Gasteiger partial charge >= 0.3 is 0 Å². The molecule has 2 rings (SSSR count). The number of ether oxygens (including phenoxy) is 2. The number of methoxy groups -OCH3 is 1. The molecule has 0 saturated carbocycles. The van der Waals surface area contributed by atoms with Gasteiger partial charge in [-0.15, -0.1) is 0 Å². The third-order valence-corrected chi connectivity index (χ3v) is 2.69. The molecule has 1 aliphatic heterocycles. The number of hydrogen-bond donors (Lipinski definition) is 1. The Balaban J connectivity index is 2.36. The van der Waals surface area contributed by atoms with Gasteiger partial charge in [0, 0.05) is 13.1 Å².